The topological polar surface area (TPSA) is 63.6 Å². The van der Waals surface area contributed by atoms with E-state index in [4.69, 9.17) is 16.2 Å². The van der Waals surface area contributed by atoms with E-state index >= 15 is 0 Å². The highest BCUT2D eigenvalue weighted by atomic mass is 79.9. The Morgan fingerprint density at radius 3 is 2.72 bits per heavy atom. The molecule has 1 atom stereocenters. The summed E-state index contributed by atoms with van der Waals surface area (Å²) in [5, 5.41) is 0.923. The number of hydrogen-bond acceptors (Lipinski definition) is 3. The molecule has 0 spiro atoms. The summed E-state index contributed by atoms with van der Waals surface area (Å²) in [5.41, 5.74) is 1.62. The molecule has 1 rings (SSSR count). The van der Waals surface area contributed by atoms with Crippen molar-refractivity contribution in [1.82, 2.24) is 0 Å². The van der Waals surface area contributed by atoms with E-state index in [1.807, 2.05) is 0 Å². The van der Waals surface area contributed by atoms with Crippen molar-refractivity contribution in [2.24, 2.45) is 0 Å². The van der Waals surface area contributed by atoms with Crippen LogP contribution in [-0.2, 0) is 28.0 Å². The lowest BCUT2D eigenvalue weighted by Crippen LogP contribution is -2.07. The van der Waals surface area contributed by atoms with Gasteiger partial charge in [-0.3, -0.25) is 0 Å². The first-order valence-electron chi connectivity index (χ1n) is 5.03. The number of hydrogen-bond donors (Lipinski definition) is 1. The summed E-state index contributed by atoms with van der Waals surface area (Å²) in [7, 11) is 1.28. The minimum atomic E-state index is -1.95. The number of halogens is 2. The smallest absolute Gasteiger partial charge is 0.339 e. The Labute approximate surface area is 121 Å². The van der Waals surface area contributed by atoms with Gasteiger partial charge in [0.05, 0.1) is 23.4 Å². The normalized spacial score (nSPS) is 12.2. The second-order valence-corrected chi connectivity index (χ2v) is 5.56. The quantitative estimate of drug-likeness (QED) is 0.501. The first kappa shape index (κ1) is 15.6. The molecular formula is C11H12BrClO4S. The molecule has 1 N–H and O–H groups in total. The number of carbonyl (C=O) groups is 1. The molecule has 4 nitrogen and oxygen atoms in total. The molecule has 1 unspecified atom stereocenters. The molecule has 0 aliphatic carbocycles. The maximum absolute atomic E-state index is 11.5. The molecule has 0 amide bonds. The van der Waals surface area contributed by atoms with Gasteiger partial charge in [0.1, 0.15) is 0 Å². The predicted octanol–water partition coefficient (Wildman–Crippen LogP) is 2.79. The van der Waals surface area contributed by atoms with Crippen molar-refractivity contribution in [3.05, 3.63) is 33.8 Å². The van der Waals surface area contributed by atoms with E-state index in [1.54, 1.807) is 6.07 Å². The van der Waals surface area contributed by atoms with Crippen LogP contribution in [0.1, 0.15) is 21.5 Å². The van der Waals surface area contributed by atoms with E-state index in [1.165, 1.54) is 13.2 Å². The Balaban J connectivity index is 3.27. The van der Waals surface area contributed by atoms with Crippen molar-refractivity contribution in [2.45, 2.75) is 12.2 Å². The monoisotopic (exact) mass is 354 g/mol. The first-order valence-corrected chi connectivity index (χ1v) is 7.80. The number of rotatable bonds is 5. The van der Waals surface area contributed by atoms with Crippen molar-refractivity contribution in [3.63, 3.8) is 0 Å². The van der Waals surface area contributed by atoms with Crippen LogP contribution in [0.4, 0.5) is 0 Å². The Morgan fingerprint density at radius 1 is 1.56 bits per heavy atom. The summed E-state index contributed by atoms with van der Waals surface area (Å²) in [5.74, 6) is -0.531. The minimum absolute atomic E-state index is 0.0104. The molecule has 7 heteroatoms. The molecule has 1 aromatic carbocycles. The second kappa shape index (κ2) is 7.23. The van der Waals surface area contributed by atoms with Crippen LogP contribution >= 0.6 is 27.5 Å². The molecule has 0 bridgehead atoms. The van der Waals surface area contributed by atoms with Crippen LogP contribution in [-0.4, -0.2) is 27.2 Å². The summed E-state index contributed by atoms with van der Waals surface area (Å²) < 4.78 is 24.4. The molecule has 0 heterocycles. The van der Waals surface area contributed by atoms with Crippen LogP contribution in [0.3, 0.4) is 0 Å². The highest BCUT2D eigenvalue weighted by Crippen LogP contribution is 2.27. The molecule has 0 aromatic heterocycles. The first-order chi connectivity index (χ1) is 8.51. The molecule has 100 valence electrons. The largest absolute Gasteiger partial charge is 0.465 e. The summed E-state index contributed by atoms with van der Waals surface area (Å²) in [6.07, 6.45) is 0.566. The molecule has 0 aliphatic heterocycles. The maximum Gasteiger partial charge on any atom is 0.339 e. The van der Waals surface area contributed by atoms with Gasteiger partial charge in [-0.2, -0.15) is 0 Å². The highest BCUT2D eigenvalue weighted by Gasteiger charge is 2.17. The molecule has 1 aromatic rings. The summed E-state index contributed by atoms with van der Waals surface area (Å²) in [6.45, 7) is 0. The van der Waals surface area contributed by atoms with Gasteiger partial charge in [-0.05, 0) is 23.6 Å². The van der Waals surface area contributed by atoms with Gasteiger partial charge in [-0.15, -0.1) is 0 Å². The fraction of sp³-hybridized carbons (Fsp3) is 0.364. The van der Waals surface area contributed by atoms with Gasteiger partial charge in [0.25, 0.3) is 0 Å². The Bertz CT molecular complexity index is 478. The van der Waals surface area contributed by atoms with Crippen molar-refractivity contribution in [3.8, 4) is 0 Å². The van der Waals surface area contributed by atoms with Crippen molar-refractivity contribution in [1.29, 1.82) is 0 Å². The zero-order valence-electron chi connectivity index (χ0n) is 9.61. The van der Waals surface area contributed by atoms with Gasteiger partial charge in [0, 0.05) is 5.33 Å². The average Bonchev–Trinajstić information content (AvgIpc) is 2.32. The van der Waals surface area contributed by atoms with Crippen LogP contribution in [0.5, 0.6) is 0 Å². The van der Waals surface area contributed by atoms with Crippen molar-refractivity contribution in [2.75, 3.05) is 12.4 Å². The standard InChI is InChI=1S/C11H12BrClO4S/c1-17-11(14)9-3-2-7(6-18(15)16)8(4-5-12)10(9)13/h2-3H,4-6H2,1H3,(H,15,16). The van der Waals surface area contributed by atoms with Crippen LogP contribution in [0.15, 0.2) is 12.1 Å². The molecule has 0 radical (unpaired) electrons. The van der Waals surface area contributed by atoms with Gasteiger partial charge in [-0.25, -0.2) is 9.00 Å². The van der Waals surface area contributed by atoms with E-state index < -0.39 is 17.0 Å². The van der Waals surface area contributed by atoms with Gasteiger partial charge < -0.3 is 9.29 Å². The minimum Gasteiger partial charge on any atom is -0.465 e. The Kier molecular flexibility index (Phi) is 6.28. The molecule has 0 saturated heterocycles. The molecule has 0 fully saturated rings. The van der Waals surface area contributed by atoms with E-state index in [9.17, 15) is 9.00 Å². The van der Waals surface area contributed by atoms with Crippen LogP contribution in [0.2, 0.25) is 5.02 Å². The van der Waals surface area contributed by atoms with E-state index in [-0.39, 0.29) is 16.3 Å². The zero-order valence-corrected chi connectivity index (χ0v) is 12.8. The third-order valence-corrected chi connectivity index (χ3v) is 3.76. The van der Waals surface area contributed by atoms with Gasteiger partial charge in [0.2, 0.25) is 0 Å². The van der Waals surface area contributed by atoms with Gasteiger partial charge in [0.15, 0.2) is 11.1 Å². The lowest BCUT2D eigenvalue weighted by molar-refractivity contribution is 0.0601. The Morgan fingerprint density at radius 2 is 2.22 bits per heavy atom. The summed E-state index contributed by atoms with van der Waals surface area (Å²) in [4.78, 5) is 11.5. The maximum atomic E-state index is 11.5. The van der Waals surface area contributed by atoms with E-state index in [0.29, 0.717) is 22.9 Å². The fourth-order valence-corrected chi connectivity index (χ4v) is 2.85. The number of carbonyl (C=O) groups excluding carboxylic acids is 1. The fourth-order valence-electron chi connectivity index (χ4n) is 1.56. The summed E-state index contributed by atoms with van der Waals surface area (Å²) >= 11 is 7.49. The molecule has 18 heavy (non-hydrogen) atoms. The lowest BCUT2D eigenvalue weighted by atomic mass is 10.0. The van der Waals surface area contributed by atoms with Crippen LogP contribution in [0.25, 0.3) is 0 Å². The van der Waals surface area contributed by atoms with Gasteiger partial charge >= 0.3 is 5.97 Å². The average molecular weight is 356 g/mol. The van der Waals surface area contributed by atoms with Crippen molar-refractivity contribution < 1.29 is 18.3 Å². The summed E-state index contributed by atoms with van der Waals surface area (Å²) in [6, 6.07) is 3.14. The number of methoxy groups -OCH3 is 1. The lowest BCUT2D eigenvalue weighted by Gasteiger charge is -2.12. The van der Waals surface area contributed by atoms with Crippen LogP contribution in [0, 0.1) is 0 Å². The van der Waals surface area contributed by atoms with Crippen LogP contribution < -0.4 is 0 Å². The number of ether oxygens (including phenoxy) is 1. The van der Waals surface area contributed by atoms with E-state index in [2.05, 4.69) is 20.7 Å². The highest BCUT2D eigenvalue weighted by molar-refractivity contribution is 9.09. The number of benzene rings is 1. The number of esters is 1. The van der Waals surface area contributed by atoms with Gasteiger partial charge in [-0.1, -0.05) is 33.6 Å². The second-order valence-electron chi connectivity index (χ2n) is 3.46. The third-order valence-electron chi connectivity index (χ3n) is 2.37. The predicted molar refractivity (Wildman–Crippen MR) is 74.8 cm³/mol. The molecule has 0 aliphatic rings. The zero-order chi connectivity index (χ0) is 13.7. The number of alkyl halides is 1. The van der Waals surface area contributed by atoms with E-state index in [0.717, 1.165) is 0 Å². The SMILES string of the molecule is COC(=O)c1ccc(CS(=O)O)c(CCBr)c1Cl. The third kappa shape index (κ3) is 3.78. The molecular weight excluding hydrogens is 344 g/mol. The molecule has 0 saturated carbocycles. The van der Waals surface area contributed by atoms with Crippen molar-refractivity contribution >= 4 is 44.6 Å². The Hall–Kier alpha value is -0.430.